The summed E-state index contributed by atoms with van der Waals surface area (Å²) in [5.74, 6) is 0.778. The zero-order chi connectivity index (χ0) is 14.6. The van der Waals surface area contributed by atoms with Crippen molar-refractivity contribution >= 4 is 40.8 Å². The van der Waals surface area contributed by atoms with Gasteiger partial charge in [0.05, 0.1) is 5.69 Å². The summed E-state index contributed by atoms with van der Waals surface area (Å²) in [5.41, 5.74) is 0.648. The van der Waals surface area contributed by atoms with Crippen molar-refractivity contribution in [2.24, 2.45) is 4.99 Å². The first-order chi connectivity index (χ1) is 9.74. The number of Topliss-reactive ketones (excluding diaryl/α,β-unsaturated/α-hetero) is 1. The highest BCUT2D eigenvalue weighted by molar-refractivity contribution is 8.22. The third-order valence-electron chi connectivity index (χ3n) is 2.26. The first-order valence-corrected chi connectivity index (χ1v) is 7.48. The fraction of sp³-hybridized carbons (Fsp3) is 0.214. The Kier molecular flexibility index (Phi) is 8.33. The molecule has 6 heteroatoms. The number of ketones is 1. The molecule has 0 aliphatic rings. The Morgan fingerprint density at radius 1 is 1.55 bits per heavy atom. The molecule has 4 nitrogen and oxygen atoms in total. The molecule has 0 aliphatic carbocycles. The van der Waals surface area contributed by atoms with Crippen molar-refractivity contribution in [3.05, 3.63) is 48.5 Å². The summed E-state index contributed by atoms with van der Waals surface area (Å²) in [4.78, 5) is 18.2. The van der Waals surface area contributed by atoms with Crippen LogP contribution < -0.4 is 5.32 Å². The number of nitrogens with one attached hydrogen (secondary N) is 2. The van der Waals surface area contributed by atoms with Crippen LogP contribution in [0, 0.1) is 0 Å². The Morgan fingerprint density at radius 2 is 2.40 bits per heavy atom. The average Bonchev–Trinajstić information content (AvgIpc) is 2.96. The van der Waals surface area contributed by atoms with Crippen LogP contribution in [0.1, 0.15) is 16.9 Å². The van der Waals surface area contributed by atoms with Crippen molar-refractivity contribution in [2.45, 2.75) is 6.42 Å². The maximum atomic E-state index is 11.7. The van der Waals surface area contributed by atoms with E-state index in [0.717, 1.165) is 0 Å². The topological polar surface area (TPSA) is 57.2 Å². The third kappa shape index (κ3) is 7.06. The van der Waals surface area contributed by atoms with E-state index in [1.165, 1.54) is 11.8 Å². The van der Waals surface area contributed by atoms with Gasteiger partial charge in [-0.3, -0.25) is 9.79 Å². The van der Waals surface area contributed by atoms with Crippen LogP contribution in [0.5, 0.6) is 0 Å². The van der Waals surface area contributed by atoms with E-state index < -0.39 is 0 Å². The largest absolute Gasteiger partial charge is 0.368 e. The number of carbonyl (C=O) groups excluding carboxylic acids is 1. The molecule has 106 valence electrons. The van der Waals surface area contributed by atoms with E-state index in [0.29, 0.717) is 28.7 Å². The van der Waals surface area contributed by atoms with Crippen molar-refractivity contribution in [3.63, 3.8) is 0 Å². The lowest BCUT2D eigenvalue weighted by Gasteiger charge is -2.04. The van der Waals surface area contributed by atoms with Crippen molar-refractivity contribution in [3.8, 4) is 0 Å². The summed E-state index contributed by atoms with van der Waals surface area (Å²) >= 11 is 6.63. The Balaban J connectivity index is 2.11. The van der Waals surface area contributed by atoms with Gasteiger partial charge in [-0.05, 0) is 24.9 Å². The fourth-order valence-electron chi connectivity index (χ4n) is 1.33. The monoisotopic (exact) mass is 307 g/mol. The normalized spacial score (nSPS) is 11.0. The highest BCUT2D eigenvalue weighted by Crippen LogP contribution is 2.08. The molecule has 20 heavy (non-hydrogen) atoms. The van der Waals surface area contributed by atoms with Crippen LogP contribution in [0.3, 0.4) is 0 Å². The van der Waals surface area contributed by atoms with Gasteiger partial charge in [0.1, 0.15) is 4.32 Å². The second-order valence-electron chi connectivity index (χ2n) is 3.73. The molecule has 0 radical (unpaired) electrons. The predicted octanol–water partition coefficient (Wildman–Crippen LogP) is 2.97. The van der Waals surface area contributed by atoms with Gasteiger partial charge in [0.15, 0.2) is 5.78 Å². The number of rotatable bonds is 8. The number of aromatic nitrogens is 1. The van der Waals surface area contributed by atoms with Crippen LogP contribution >= 0.6 is 24.0 Å². The molecule has 0 unspecified atom stereocenters. The molecule has 0 aliphatic heterocycles. The predicted molar refractivity (Wildman–Crippen MR) is 90.6 cm³/mol. The van der Waals surface area contributed by atoms with E-state index in [1.54, 1.807) is 24.5 Å². The van der Waals surface area contributed by atoms with Gasteiger partial charge in [0.2, 0.25) is 0 Å². The first-order valence-electron chi connectivity index (χ1n) is 6.08. The lowest BCUT2D eigenvalue weighted by molar-refractivity contribution is 0.0985. The van der Waals surface area contributed by atoms with Crippen molar-refractivity contribution in [2.75, 3.05) is 12.3 Å². The summed E-state index contributed by atoms with van der Waals surface area (Å²) in [6, 6.07) is 3.59. The number of aromatic amines is 1. The Hall–Kier alpha value is -1.66. The Bertz CT molecular complexity index is 493. The number of carbonyl (C=O) groups is 1. The van der Waals surface area contributed by atoms with Gasteiger partial charge in [0, 0.05) is 31.1 Å². The molecule has 1 heterocycles. The lowest BCUT2D eigenvalue weighted by atomic mass is 10.2. The van der Waals surface area contributed by atoms with E-state index in [4.69, 9.17) is 12.2 Å². The minimum absolute atomic E-state index is 0.104. The van der Waals surface area contributed by atoms with E-state index in [9.17, 15) is 4.79 Å². The average molecular weight is 307 g/mol. The van der Waals surface area contributed by atoms with Gasteiger partial charge in [-0.2, -0.15) is 0 Å². The van der Waals surface area contributed by atoms with Crippen molar-refractivity contribution < 1.29 is 4.79 Å². The molecule has 0 saturated carbocycles. The summed E-state index contributed by atoms with van der Waals surface area (Å²) in [6.45, 7) is 3.98. The molecule has 0 aromatic carbocycles. The van der Waals surface area contributed by atoms with Crippen molar-refractivity contribution in [1.82, 2.24) is 10.3 Å². The summed E-state index contributed by atoms with van der Waals surface area (Å²) < 4.78 is 0.694. The first kappa shape index (κ1) is 16.4. The van der Waals surface area contributed by atoms with Gasteiger partial charge >= 0.3 is 0 Å². The number of aliphatic imine (C=N–C) groups is 1. The number of thiocarbonyl (C=S) groups is 1. The minimum atomic E-state index is 0.104. The van der Waals surface area contributed by atoms with Gasteiger partial charge in [-0.15, -0.1) is 0 Å². The zero-order valence-corrected chi connectivity index (χ0v) is 12.7. The number of hydrogen-bond donors (Lipinski definition) is 2. The second-order valence-corrected chi connectivity index (χ2v) is 5.50. The van der Waals surface area contributed by atoms with E-state index >= 15 is 0 Å². The lowest BCUT2D eigenvalue weighted by Crippen LogP contribution is -2.18. The molecule has 1 aromatic heterocycles. The summed E-state index contributed by atoms with van der Waals surface area (Å²) in [7, 11) is 0. The second kappa shape index (κ2) is 10.2. The van der Waals surface area contributed by atoms with Gasteiger partial charge in [0.25, 0.3) is 0 Å². The molecule has 0 atom stereocenters. The number of allylic oxidation sites excluding steroid dienone is 2. The maximum Gasteiger partial charge on any atom is 0.179 e. The quantitative estimate of drug-likeness (QED) is 0.335. The van der Waals surface area contributed by atoms with Crippen LogP contribution in [-0.4, -0.2) is 34.1 Å². The molecule has 2 N–H and O–H groups in total. The molecule has 1 aromatic rings. The van der Waals surface area contributed by atoms with Crippen LogP contribution in [0.15, 0.2) is 47.7 Å². The standard InChI is InChI=1S/C14H17N3OS2/c1-15-8-3-2-4-9-17-14(19)20-11-7-13(18)12-6-5-10-16-12/h2-6,8,10,16H,1,7,9,11H2,(H,17,19)/b4-2+,8-3-. The van der Waals surface area contributed by atoms with E-state index in [2.05, 4.69) is 22.0 Å². The highest BCUT2D eigenvalue weighted by Gasteiger charge is 2.06. The fourth-order valence-corrected chi connectivity index (χ4v) is 2.32. The van der Waals surface area contributed by atoms with Gasteiger partial charge < -0.3 is 10.3 Å². The van der Waals surface area contributed by atoms with Crippen molar-refractivity contribution in [1.29, 1.82) is 0 Å². The molecular formula is C14H17N3OS2. The molecule has 1 rings (SSSR count). The maximum absolute atomic E-state index is 11.7. The van der Waals surface area contributed by atoms with Crippen LogP contribution in [0.4, 0.5) is 0 Å². The molecule has 0 fully saturated rings. The molecular weight excluding hydrogens is 290 g/mol. The summed E-state index contributed by atoms with van der Waals surface area (Å²) in [6.07, 6.45) is 9.41. The number of thioether (sulfide) groups is 1. The zero-order valence-electron chi connectivity index (χ0n) is 11.0. The van der Waals surface area contributed by atoms with Gasteiger partial charge in [-0.1, -0.05) is 36.1 Å². The minimum Gasteiger partial charge on any atom is -0.368 e. The Labute approximate surface area is 128 Å². The van der Waals surface area contributed by atoms with Crippen LogP contribution in [0.2, 0.25) is 0 Å². The van der Waals surface area contributed by atoms with Crippen LogP contribution in [-0.2, 0) is 0 Å². The van der Waals surface area contributed by atoms with E-state index in [-0.39, 0.29) is 5.78 Å². The number of H-pyrrole nitrogens is 1. The number of nitrogens with zero attached hydrogens (tertiary/aromatic N) is 1. The molecule has 0 saturated heterocycles. The SMILES string of the molecule is C=N/C=C\C=C\CNC(=S)SCCC(=O)c1ccc[nH]1. The van der Waals surface area contributed by atoms with Gasteiger partial charge in [-0.25, -0.2) is 0 Å². The van der Waals surface area contributed by atoms with E-state index in [1.807, 2.05) is 18.2 Å². The number of hydrogen-bond acceptors (Lipinski definition) is 4. The highest BCUT2D eigenvalue weighted by atomic mass is 32.2. The Morgan fingerprint density at radius 3 is 3.10 bits per heavy atom. The smallest absolute Gasteiger partial charge is 0.179 e. The molecule has 0 amide bonds. The van der Waals surface area contributed by atoms with Crippen LogP contribution in [0.25, 0.3) is 0 Å². The summed E-state index contributed by atoms with van der Waals surface area (Å²) in [5, 5.41) is 3.08. The molecule has 0 spiro atoms. The third-order valence-corrected chi connectivity index (χ3v) is 3.58. The molecule has 0 bridgehead atoms.